The number of carbonyl (C=O) groups is 2. The number of benzene rings is 1. The van der Waals surface area contributed by atoms with Crippen LogP contribution in [0.2, 0.25) is 0 Å². The van der Waals surface area contributed by atoms with Crippen molar-refractivity contribution in [3.8, 4) is 0 Å². The summed E-state index contributed by atoms with van der Waals surface area (Å²) in [4.78, 5) is 24.4. The highest BCUT2D eigenvalue weighted by Gasteiger charge is 2.46. The summed E-state index contributed by atoms with van der Waals surface area (Å²) in [5.41, 5.74) is 0.721. The molecule has 2 aliphatic rings. The lowest BCUT2D eigenvalue weighted by atomic mass is 9.96. The van der Waals surface area contributed by atoms with Gasteiger partial charge >= 0.3 is 0 Å². The lowest BCUT2D eigenvalue weighted by molar-refractivity contribution is -0.131. The van der Waals surface area contributed by atoms with E-state index < -0.39 is 0 Å². The van der Waals surface area contributed by atoms with Crippen molar-refractivity contribution in [2.75, 3.05) is 5.01 Å². The molecule has 19 heavy (non-hydrogen) atoms. The van der Waals surface area contributed by atoms with Crippen LogP contribution in [0.3, 0.4) is 0 Å². The molecule has 2 atom stereocenters. The molecule has 1 saturated heterocycles. The average Bonchev–Trinajstić information content (AvgIpc) is 2.74. The largest absolute Gasteiger partial charge is 0.273 e. The molecular weight excluding hydrogens is 240 g/mol. The van der Waals surface area contributed by atoms with Crippen molar-refractivity contribution in [2.45, 2.75) is 13.0 Å². The molecule has 1 heterocycles. The third kappa shape index (κ3) is 1.76. The van der Waals surface area contributed by atoms with Gasteiger partial charge in [0.15, 0.2) is 0 Å². The summed E-state index contributed by atoms with van der Waals surface area (Å²) < 4.78 is 0. The second-order valence-corrected chi connectivity index (χ2v) is 4.64. The Labute approximate surface area is 111 Å². The van der Waals surface area contributed by atoms with E-state index in [0.717, 1.165) is 5.69 Å². The fourth-order valence-electron chi connectivity index (χ4n) is 2.61. The van der Waals surface area contributed by atoms with Crippen LogP contribution in [0.15, 0.2) is 54.6 Å². The van der Waals surface area contributed by atoms with Gasteiger partial charge in [-0.1, -0.05) is 42.5 Å². The van der Waals surface area contributed by atoms with Gasteiger partial charge in [0.2, 0.25) is 5.91 Å². The minimum atomic E-state index is -0.283. The van der Waals surface area contributed by atoms with Crippen molar-refractivity contribution < 1.29 is 9.59 Å². The molecule has 2 amide bonds. The van der Waals surface area contributed by atoms with Gasteiger partial charge in [-0.2, -0.15) is 0 Å². The zero-order valence-electron chi connectivity index (χ0n) is 10.6. The number of amides is 2. The second-order valence-electron chi connectivity index (χ2n) is 4.64. The standard InChI is InChI=1S/C15H14N2O2/c1-11(18)16-14-10-6-5-9-13(14)15(19)17(16)12-7-3-2-4-8-12/h2-10,13-14H,1H3. The summed E-state index contributed by atoms with van der Waals surface area (Å²) in [5.74, 6) is -0.481. The molecule has 0 bridgehead atoms. The molecule has 1 aromatic carbocycles. The highest BCUT2D eigenvalue weighted by Crippen LogP contribution is 2.33. The summed E-state index contributed by atoms with van der Waals surface area (Å²) in [6.07, 6.45) is 7.48. The first-order valence-electron chi connectivity index (χ1n) is 6.24. The molecule has 3 rings (SSSR count). The Morgan fingerprint density at radius 3 is 2.47 bits per heavy atom. The Morgan fingerprint density at radius 2 is 1.79 bits per heavy atom. The van der Waals surface area contributed by atoms with Crippen LogP contribution in [0.1, 0.15) is 6.92 Å². The molecule has 4 heteroatoms. The van der Waals surface area contributed by atoms with Crippen LogP contribution in [-0.2, 0) is 9.59 Å². The van der Waals surface area contributed by atoms with Crippen LogP contribution < -0.4 is 5.01 Å². The third-order valence-electron chi connectivity index (χ3n) is 3.42. The quantitative estimate of drug-likeness (QED) is 0.768. The number of allylic oxidation sites excluding steroid dienone is 2. The maximum absolute atomic E-state index is 12.5. The van der Waals surface area contributed by atoms with Crippen LogP contribution in [0.25, 0.3) is 0 Å². The Morgan fingerprint density at radius 1 is 1.11 bits per heavy atom. The molecular formula is C15H14N2O2. The molecule has 1 aliphatic heterocycles. The first-order chi connectivity index (χ1) is 9.20. The number of nitrogens with zero attached hydrogens (tertiary/aromatic N) is 2. The number of carbonyl (C=O) groups excluding carboxylic acids is 2. The number of hydrogen-bond donors (Lipinski definition) is 0. The van der Waals surface area contributed by atoms with Crippen molar-refractivity contribution in [1.82, 2.24) is 5.01 Å². The molecule has 0 radical (unpaired) electrons. The summed E-state index contributed by atoms with van der Waals surface area (Å²) in [6.45, 7) is 1.48. The summed E-state index contributed by atoms with van der Waals surface area (Å²) in [7, 11) is 0. The molecule has 1 aliphatic carbocycles. The van der Waals surface area contributed by atoms with Gasteiger partial charge in [0.05, 0.1) is 17.6 Å². The van der Waals surface area contributed by atoms with Gasteiger partial charge in [-0.25, -0.2) is 10.0 Å². The first-order valence-corrected chi connectivity index (χ1v) is 6.24. The monoisotopic (exact) mass is 254 g/mol. The third-order valence-corrected chi connectivity index (χ3v) is 3.42. The predicted octanol–water partition coefficient (Wildman–Crippen LogP) is 1.91. The highest BCUT2D eigenvalue weighted by atomic mass is 16.2. The minimum absolute atomic E-state index is 0.0630. The Balaban J connectivity index is 2.07. The van der Waals surface area contributed by atoms with Crippen molar-refractivity contribution in [1.29, 1.82) is 0 Å². The number of fused-ring (bicyclic) bond motifs is 1. The number of anilines is 1. The van der Waals surface area contributed by atoms with Crippen molar-refractivity contribution in [3.63, 3.8) is 0 Å². The zero-order chi connectivity index (χ0) is 13.4. The fourth-order valence-corrected chi connectivity index (χ4v) is 2.61. The van der Waals surface area contributed by atoms with Gasteiger partial charge in [0, 0.05) is 6.92 Å². The smallest absolute Gasteiger partial charge is 0.255 e. The molecule has 4 nitrogen and oxygen atoms in total. The van der Waals surface area contributed by atoms with Gasteiger partial charge in [-0.15, -0.1) is 0 Å². The molecule has 0 spiro atoms. The lowest BCUT2D eigenvalue weighted by Crippen LogP contribution is -2.45. The van der Waals surface area contributed by atoms with E-state index >= 15 is 0 Å². The topological polar surface area (TPSA) is 40.6 Å². The maximum Gasteiger partial charge on any atom is 0.255 e. The Kier molecular flexibility index (Phi) is 2.71. The first kappa shape index (κ1) is 11.7. The van der Waals surface area contributed by atoms with E-state index in [0.29, 0.717) is 0 Å². The van der Waals surface area contributed by atoms with Gasteiger partial charge in [-0.3, -0.25) is 9.59 Å². The van der Waals surface area contributed by atoms with E-state index in [1.807, 2.05) is 54.6 Å². The van der Waals surface area contributed by atoms with Gasteiger partial charge in [0.1, 0.15) is 0 Å². The molecule has 0 aromatic heterocycles. The van der Waals surface area contributed by atoms with E-state index in [9.17, 15) is 9.59 Å². The van der Waals surface area contributed by atoms with Crippen LogP contribution in [-0.4, -0.2) is 22.9 Å². The molecule has 0 N–H and O–H groups in total. The summed E-state index contributed by atoms with van der Waals surface area (Å²) in [5, 5.41) is 3.01. The van der Waals surface area contributed by atoms with E-state index in [1.165, 1.54) is 16.9 Å². The number of rotatable bonds is 1. The van der Waals surface area contributed by atoms with E-state index in [2.05, 4.69) is 0 Å². The van der Waals surface area contributed by atoms with E-state index in [1.54, 1.807) is 0 Å². The molecule has 1 aromatic rings. The highest BCUT2D eigenvalue weighted by molar-refractivity contribution is 6.02. The molecule has 1 fully saturated rings. The Hall–Kier alpha value is -2.36. The van der Waals surface area contributed by atoms with Gasteiger partial charge in [-0.05, 0) is 12.1 Å². The van der Waals surface area contributed by atoms with Crippen LogP contribution in [0, 0.1) is 5.92 Å². The average molecular weight is 254 g/mol. The van der Waals surface area contributed by atoms with Crippen LogP contribution in [0.4, 0.5) is 5.69 Å². The van der Waals surface area contributed by atoms with Gasteiger partial charge < -0.3 is 0 Å². The normalized spacial score (nSPS) is 24.8. The predicted molar refractivity (Wildman–Crippen MR) is 72.0 cm³/mol. The number of hydrogen-bond acceptors (Lipinski definition) is 2. The molecule has 96 valence electrons. The molecule has 0 saturated carbocycles. The summed E-state index contributed by atoms with van der Waals surface area (Å²) >= 11 is 0. The SMILES string of the molecule is CC(=O)N1C2C=CC=CC2C(=O)N1c1ccccc1. The number of para-hydroxylation sites is 1. The fraction of sp³-hybridized carbons (Fsp3) is 0.200. The van der Waals surface area contributed by atoms with Crippen molar-refractivity contribution in [3.05, 3.63) is 54.6 Å². The summed E-state index contributed by atoms with van der Waals surface area (Å²) in [6, 6.07) is 9.05. The minimum Gasteiger partial charge on any atom is -0.273 e. The van der Waals surface area contributed by atoms with Crippen LogP contribution >= 0.6 is 0 Å². The van der Waals surface area contributed by atoms with E-state index in [-0.39, 0.29) is 23.8 Å². The second kappa shape index (κ2) is 4.39. The molecule has 2 unspecified atom stereocenters. The van der Waals surface area contributed by atoms with Crippen molar-refractivity contribution in [2.24, 2.45) is 5.92 Å². The van der Waals surface area contributed by atoms with Crippen molar-refractivity contribution >= 4 is 17.5 Å². The maximum atomic E-state index is 12.5. The van der Waals surface area contributed by atoms with Crippen LogP contribution in [0.5, 0.6) is 0 Å². The van der Waals surface area contributed by atoms with Gasteiger partial charge in [0.25, 0.3) is 5.91 Å². The Bertz CT molecular complexity index is 577. The van der Waals surface area contributed by atoms with E-state index in [4.69, 9.17) is 0 Å². The number of hydrazine groups is 1. The lowest BCUT2D eigenvalue weighted by Gasteiger charge is -2.30. The zero-order valence-corrected chi connectivity index (χ0v) is 10.6.